The number of benzene rings is 2. The molecular weight excluding hydrogens is 364 g/mol. The van der Waals surface area contributed by atoms with Crippen molar-refractivity contribution in [3.05, 3.63) is 71.8 Å². The Hall–Kier alpha value is -2.79. The van der Waals surface area contributed by atoms with Crippen molar-refractivity contribution >= 4 is 18.2 Å². The van der Waals surface area contributed by atoms with Crippen LogP contribution in [0.25, 0.3) is 0 Å². The number of carbonyl (C=O) groups excluding carboxylic acids is 3. The second kappa shape index (κ2) is 9.61. The highest BCUT2D eigenvalue weighted by atomic mass is 16.2. The lowest BCUT2D eigenvalue weighted by atomic mass is 9.98. The second-order valence-corrected chi connectivity index (χ2v) is 7.87. The van der Waals surface area contributed by atoms with Crippen LogP contribution < -0.4 is 5.32 Å². The molecule has 1 N–H and O–H groups in total. The van der Waals surface area contributed by atoms with Crippen LogP contribution in [0.1, 0.15) is 49.8 Å². The average Bonchev–Trinajstić information content (AvgIpc) is 3.14. The van der Waals surface area contributed by atoms with E-state index >= 15 is 0 Å². The van der Waals surface area contributed by atoms with E-state index in [0.29, 0.717) is 13.0 Å². The predicted octanol–water partition coefficient (Wildman–Crippen LogP) is 3.55. The lowest BCUT2D eigenvalue weighted by Gasteiger charge is -2.28. The van der Waals surface area contributed by atoms with Gasteiger partial charge >= 0.3 is 12.3 Å². The molecule has 1 fully saturated rings. The summed E-state index contributed by atoms with van der Waals surface area (Å²) in [6.45, 7) is 2.48. The summed E-state index contributed by atoms with van der Waals surface area (Å²) in [6.07, 6.45) is 3.35. The molecule has 0 saturated carbocycles. The number of imide groups is 1. The maximum absolute atomic E-state index is 12.7. The van der Waals surface area contributed by atoms with Crippen molar-refractivity contribution in [2.24, 2.45) is 0 Å². The van der Waals surface area contributed by atoms with Gasteiger partial charge in [0.1, 0.15) is 6.04 Å². The zero-order chi connectivity index (χ0) is 20.7. The Bertz CT molecular complexity index is 838. The van der Waals surface area contributed by atoms with E-state index in [-0.39, 0.29) is 41.2 Å². The molecule has 1 saturated heterocycles. The highest BCUT2D eigenvalue weighted by molar-refractivity contribution is 5.83. The lowest BCUT2D eigenvalue weighted by molar-refractivity contribution is -0.780. The minimum atomic E-state index is -0.168. The number of hydrogen-bond donors (Lipinski definition) is 1. The molecule has 3 rings (SSSR count). The molecule has 2 aromatic rings. The first-order valence-electron chi connectivity index (χ1n) is 10.3. The van der Waals surface area contributed by atoms with Gasteiger partial charge in [0, 0.05) is 19.3 Å². The van der Waals surface area contributed by atoms with Crippen molar-refractivity contribution in [3.8, 4) is 0 Å². The fraction of sp³-hybridized carbons (Fsp3) is 0.375. The largest absolute Gasteiger partial charge is 0.349 e. The number of nitrogens with zero attached hydrogens (tertiary/aromatic N) is 1. The van der Waals surface area contributed by atoms with Gasteiger partial charge < -0.3 is 5.32 Å². The van der Waals surface area contributed by atoms with Crippen LogP contribution in [-0.2, 0) is 20.8 Å². The van der Waals surface area contributed by atoms with E-state index in [1.54, 1.807) is 0 Å². The minimum Gasteiger partial charge on any atom is -0.349 e. The normalized spacial score (nSPS) is 22.0. The van der Waals surface area contributed by atoms with Crippen LogP contribution in [0, 0.1) is 0 Å². The zero-order valence-electron chi connectivity index (χ0n) is 16.9. The summed E-state index contributed by atoms with van der Waals surface area (Å²) in [6, 6.07) is 19.7. The first-order valence-corrected chi connectivity index (χ1v) is 10.3. The molecule has 1 heterocycles. The van der Waals surface area contributed by atoms with Crippen molar-refractivity contribution in [1.82, 2.24) is 5.32 Å². The van der Waals surface area contributed by atoms with Gasteiger partial charge in [0.2, 0.25) is 5.91 Å². The number of amides is 3. The fourth-order valence-electron chi connectivity index (χ4n) is 4.17. The van der Waals surface area contributed by atoms with Gasteiger partial charge in [0.15, 0.2) is 0 Å². The number of carbonyl (C=O) groups is 3. The van der Waals surface area contributed by atoms with Crippen LogP contribution in [0.3, 0.4) is 0 Å². The fourth-order valence-corrected chi connectivity index (χ4v) is 4.17. The van der Waals surface area contributed by atoms with Crippen LogP contribution in [0.4, 0.5) is 0 Å². The van der Waals surface area contributed by atoms with Gasteiger partial charge in [-0.2, -0.15) is 4.48 Å². The Labute approximate surface area is 172 Å². The summed E-state index contributed by atoms with van der Waals surface area (Å²) >= 11 is 0. The van der Waals surface area contributed by atoms with Crippen LogP contribution in [0.15, 0.2) is 60.7 Å². The van der Waals surface area contributed by atoms with E-state index in [1.807, 2.05) is 67.6 Å². The molecule has 0 aromatic heterocycles. The molecule has 1 aliphatic heterocycles. The number of hydrogen-bond acceptors (Lipinski definition) is 3. The maximum atomic E-state index is 12.7. The van der Waals surface area contributed by atoms with Crippen LogP contribution >= 0.6 is 0 Å². The molecule has 0 spiro atoms. The van der Waals surface area contributed by atoms with Crippen molar-refractivity contribution in [3.63, 3.8) is 0 Å². The van der Waals surface area contributed by atoms with Gasteiger partial charge in [0.05, 0.1) is 19.0 Å². The maximum Gasteiger partial charge on any atom is 0.321 e. The molecule has 0 bridgehead atoms. The first kappa shape index (κ1) is 20.9. The monoisotopic (exact) mass is 393 g/mol. The second-order valence-electron chi connectivity index (χ2n) is 7.87. The number of likely N-dealkylation sites (tertiary alicyclic amines) is 1. The topological polar surface area (TPSA) is 63.2 Å². The van der Waals surface area contributed by atoms with Crippen molar-refractivity contribution in [1.29, 1.82) is 0 Å². The Morgan fingerprint density at radius 2 is 1.72 bits per heavy atom. The standard InChI is InChI=1S/C24H28N2O3/c1-19-9-8-16-26(19,18-27)24(29)15-14-23(28)25-22(21-12-6-3-7-13-21)17-20-10-4-2-5-11-20/h2-7,10-13,18-19,22H,8-9,14-17H2,1H3/p+1/t19-,22?,26?/m1/s1. The van der Waals surface area contributed by atoms with Crippen molar-refractivity contribution < 1.29 is 18.9 Å². The minimum absolute atomic E-state index is 0.00166. The Morgan fingerprint density at radius 3 is 2.31 bits per heavy atom. The Balaban J connectivity index is 1.64. The smallest absolute Gasteiger partial charge is 0.321 e. The third-order valence-corrected chi connectivity index (χ3v) is 5.97. The van der Waals surface area contributed by atoms with E-state index in [2.05, 4.69) is 5.32 Å². The van der Waals surface area contributed by atoms with Crippen LogP contribution in [0.2, 0.25) is 0 Å². The Kier molecular flexibility index (Phi) is 6.94. The van der Waals surface area contributed by atoms with Gasteiger partial charge in [-0.05, 0) is 24.5 Å². The van der Waals surface area contributed by atoms with E-state index in [1.165, 1.54) is 0 Å². The molecule has 0 aliphatic carbocycles. The van der Waals surface area contributed by atoms with Crippen molar-refractivity contribution in [2.75, 3.05) is 6.54 Å². The van der Waals surface area contributed by atoms with Crippen LogP contribution in [0.5, 0.6) is 0 Å². The Morgan fingerprint density at radius 1 is 1.07 bits per heavy atom. The SMILES string of the molecule is C[C@@H]1CCC[N+]1(C=O)C(=O)CCC(=O)NC(Cc1ccccc1)c1ccccc1. The molecule has 3 amide bonds. The molecule has 2 unspecified atom stereocenters. The van der Waals surface area contributed by atoms with Gasteiger partial charge in [-0.3, -0.25) is 4.79 Å². The quantitative estimate of drug-likeness (QED) is 0.551. The van der Waals surface area contributed by atoms with E-state index in [9.17, 15) is 14.4 Å². The van der Waals surface area contributed by atoms with Gasteiger partial charge in [-0.15, -0.1) is 0 Å². The van der Waals surface area contributed by atoms with Gasteiger partial charge in [0.25, 0.3) is 0 Å². The molecule has 2 aromatic carbocycles. The molecule has 5 heteroatoms. The van der Waals surface area contributed by atoms with E-state index in [4.69, 9.17) is 0 Å². The summed E-state index contributed by atoms with van der Waals surface area (Å²) in [5.74, 6) is -0.321. The zero-order valence-corrected chi connectivity index (χ0v) is 16.9. The van der Waals surface area contributed by atoms with Gasteiger partial charge in [-0.25, -0.2) is 9.59 Å². The van der Waals surface area contributed by atoms with Crippen molar-refractivity contribution in [2.45, 2.75) is 51.1 Å². The van der Waals surface area contributed by atoms with E-state index < -0.39 is 0 Å². The molecule has 0 radical (unpaired) electrons. The van der Waals surface area contributed by atoms with Crippen LogP contribution in [-0.4, -0.2) is 35.3 Å². The predicted molar refractivity (Wildman–Crippen MR) is 112 cm³/mol. The average molecular weight is 394 g/mol. The number of rotatable bonds is 8. The summed E-state index contributed by atoms with van der Waals surface area (Å²) in [5.41, 5.74) is 2.16. The highest BCUT2D eigenvalue weighted by Gasteiger charge is 2.45. The molecule has 152 valence electrons. The number of nitrogens with one attached hydrogen (secondary N) is 1. The third-order valence-electron chi connectivity index (χ3n) is 5.97. The molecule has 5 nitrogen and oxygen atoms in total. The summed E-state index contributed by atoms with van der Waals surface area (Å²) < 4.78 is -0.139. The van der Waals surface area contributed by atoms with E-state index in [0.717, 1.165) is 30.4 Å². The third kappa shape index (κ3) is 4.98. The first-order chi connectivity index (χ1) is 14.0. The number of quaternary nitrogens is 1. The lowest BCUT2D eigenvalue weighted by Crippen LogP contribution is -2.54. The molecule has 29 heavy (non-hydrogen) atoms. The molecule has 3 atom stereocenters. The van der Waals surface area contributed by atoms with Gasteiger partial charge in [-0.1, -0.05) is 60.7 Å². The summed E-state index contributed by atoms with van der Waals surface area (Å²) in [5, 5.41) is 3.08. The molecular formula is C24H29N2O3+. The summed E-state index contributed by atoms with van der Waals surface area (Å²) in [4.78, 5) is 37.0. The summed E-state index contributed by atoms with van der Waals surface area (Å²) in [7, 11) is 0. The molecule has 1 aliphatic rings. The highest BCUT2D eigenvalue weighted by Crippen LogP contribution is 2.26.